The van der Waals surface area contributed by atoms with Crippen molar-refractivity contribution in [1.29, 1.82) is 0 Å². The number of sulfonamides is 1. The lowest BCUT2D eigenvalue weighted by molar-refractivity contribution is -0.0258. The first-order valence-electron chi connectivity index (χ1n) is 7.70. The maximum absolute atomic E-state index is 12.1. The Morgan fingerprint density at radius 3 is 2.63 bits per heavy atom. The van der Waals surface area contributed by atoms with Gasteiger partial charge in [-0.15, -0.1) is 11.3 Å². The van der Waals surface area contributed by atoms with E-state index in [2.05, 4.69) is 4.98 Å². The molecule has 2 heterocycles. The maximum atomic E-state index is 12.1. The summed E-state index contributed by atoms with van der Waals surface area (Å²) < 4.78 is 35.5. The number of nitrogens with zero attached hydrogens (tertiary/aromatic N) is 2. The molecule has 0 aliphatic carbocycles. The molecule has 10 heteroatoms. The van der Waals surface area contributed by atoms with Gasteiger partial charge in [-0.05, 0) is 35.7 Å². The van der Waals surface area contributed by atoms with Crippen molar-refractivity contribution in [3.63, 3.8) is 0 Å². The number of aromatic nitrogens is 1. The van der Waals surface area contributed by atoms with Gasteiger partial charge >= 0.3 is 5.97 Å². The average Bonchev–Trinajstić information content (AvgIpc) is 3.37. The van der Waals surface area contributed by atoms with Crippen LogP contribution in [0.1, 0.15) is 16.1 Å². The minimum absolute atomic E-state index is 0.000455. The molecular formula is C17H16N2O6S2. The van der Waals surface area contributed by atoms with Crippen molar-refractivity contribution in [2.45, 2.75) is 11.5 Å². The van der Waals surface area contributed by atoms with E-state index in [-0.39, 0.29) is 17.1 Å². The molecule has 0 saturated heterocycles. The van der Waals surface area contributed by atoms with Gasteiger partial charge in [0.1, 0.15) is 18.6 Å². The maximum Gasteiger partial charge on any atom is 0.338 e. The van der Waals surface area contributed by atoms with Crippen LogP contribution < -0.4 is 0 Å². The Morgan fingerprint density at radius 2 is 2.00 bits per heavy atom. The van der Waals surface area contributed by atoms with Crippen molar-refractivity contribution < 1.29 is 27.2 Å². The summed E-state index contributed by atoms with van der Waals surface area (Å²) in [6.07, 6.45) is 1.43. The standard InChI is InChI=1S/C17H16N2O6S2/c1-19(23-2)27(21,22)14-7-5-12(6-8-14)17(20)25-11-13-10-24-16(18-13)15-4-3-9-26-15/h3-10H,11H2,1-2H3. The van der Waals surface area contributed by atoms with Crippen LogP contribution in [0.2, 0.25) is 0 Å². The summed E-state index contributed by atoms with van der Waals surface area (Å²) in [4.78, 5) is 22.0. The first kappa shape index (κ1) is 19.2. The van der Waals surface area contributed by atoms with Crippen molar-refractivity contribution in [1.82, 2.24) is 9.45 Å². The molecule has 0 aliphatic heterocycles. The lowest BCUT2D eigenvalue weighted by atomic mass is 10.2. The number of carbonyl (C=O) groups excluding carboxylic acids is 1. The zero-order valence-corrected chi connectivity index (χ0v) is 16.1. The predicted molar refractivity (Wildman–Crippen MR) is 97.3 cm³/mol. The van der Waals surface area contributed by atoms with Crippen molar-refractivity contribution in [2.24, 2.45) is 0 Å². The number of thiophene rings is 1. The van der Waals surface area contributed by atoms with Crippen LogP contribution >= 0.6 is 11.3 Å². The molecule has 0 fully saturated rings. The molecule has 3 aromatic rings. The van der Waals surface area contributed by atoms with Crippen LogP contribution in [-0.2, 0) is 26.2 Å². The van der Waals surface area contributed by atoms with Crippen LogP contribution in [0, 0.1) is 0 Å². The van der Waals surface area contributed by atoms with Gasteiger partial charge in [0.2, 0.25) is 5.89 Å². The van der Waals surface area contributed by atoms with Crippen LogP contribution in [0.3, 0.4) is 0 Å². The van der Waals surface area contributed by atoms with E-state index in [0.29, 0.717) is 11.6 Å². The van der Waals surface area contributed by atoms with Gasteiger partial charge in [-0.1, -0.05) is 10.5 Å². The Balaban J connectivity index is 1.63. The van der Waals surface area contributed by atoms with E-state index in [1.165, 1.54) is 56.0 Å². The van der Waals surface area contributed by atoms with Crippen molar-refractivity contribution in [2.75, 3.05) is 14.2 Å². The second-order valence-corrected chi connectivity index (χ2v) is 8.20. The van der Waals surface area contributed by atoms with Gasteiger partial charge in [0.05, 0.1) is 22.4 Å². The van der Waals surface area contributed by atoms with Crippen molar-refractivity contribution >= 4 is 27.3 Å². The zero-order chi connectivity index (χ0) is 19.4. The highest BCUT2D eigenvalue weighted by molar-refractivity contribution is 7.89. The minimum atomic E-state index is -3.77. The highest BCUT2D eigenvalue weighted by atomic mass is 32.2. The Labute approximate surface area is 160 Å². The molecule has 2 aromatic heterocycles. The third kappa shape index (κ3) is 4.25. The second-order valence-electron chi connectivity index (χ2n) is 5.32. The van der Waals surface area contributed by atoms with Crippen LogP contribution in [-0.4, -0.2) is 38.0 Å². The number of hydrogen-bond donors (Lipinski definition) is 0. The van der Waals surface area contributed by atoms with Gasteiger partial charge in [0.25, 0.3) is 10.0 Å². The predicted octanol–water partition coefficient (Wildman–Crippen LogP) is 2.94. The number of benzene rings is 1. The molecule has 142 valence electrons. The molecule has 0 N–H and O–H groups in total. The molecule has 27 heavy (non-hydrogen) atoms. The first-order chi connectivity index (χ1) is 12.9. The summed E-state index contributed by atoms with van der Waals surface area (Å²) in [6.45, 7) is -0.0554. The Hall–Kier alpha value is -2.53. The largest absolute Gasteiger partial charge is 0.455 e. The number of oxazole rings is 1. The number of carbonyl (C=O) groups is 1. The van der Waals surface area contributed by atoms with Gasteiger partial charge in [-0.25, -0.2) is 18.2 Å². The summed E-state index contributed by atoms with van der Waals surface area (Å²) >= 11 is 1.49. The van der Waals surface area contributed by atoms with Crippen LogP contribution in [0.15, 0.2) is 57.4 Å². The molecule has 0 saturated carbocycles. The summed E-state index contributed by atoms with van der Waals surface area (Å²) in [6, 6.07) is 9.14. The SMILES string of the molecule is CON(C)S(=O)(=O)c1ccc(C(=O)OCc2coc(-c3cccs3)n2)cc1. The average molecular weight is 408 g/mol. The molecule has 8 nitrogen and oxygen atoms in total. The van der Waals surface area contributed by atoms with Crippen molar-refractivity contribution in [3.8, 4) is 10.8 Å². The van der Waals surface area contributed by atoms with Gasteiger partial charge in [0, 0.05) is 7.05 Å². The van der Waals surface area contributed by atoms with Crippen LogP contribution in [0.4, 0.5) is 0 Å². The Bertz CT molecular complexity index is 1010. The van der Waals surface area contributed by atoms with E-state index < -0.39 is 16.0 Å². The first-order valence-corrected chi connectivity index (χ1v) is 10.0. The number of ether oxygens (including phenoxy) is 1. The molecule has 0 unspecified atom stereocenters. The van der Waals surface area contributed by atoms with E-state index in [9.17, 15) is 13.2 Å². The van der Waals surface area contributed by atoms with Crippen LogP contribution in [0.25, 0.3) is 10.8 Å². The smallest absolute Gasteiger partial charge is 0.338 e. The molecule has 1 aromatic carbocycles. The normalized spacial score (nSPS) is 11.7. The fourth-order valence-electron chi connectivity index (χ4n) is 2.12. The van der Waals surface area contributed by atoms with Gasteiger partial charge in [-0.3, -0.25) is 4.84 Å². The molecule has 0 radical (unpaired) electrons. The zero-order valence-electron chi connectivity index (χ0n) is 14.5. The highest BCUT2D eigenvalue weighted by Gasteiger charge is 2.21. The van der Waals surface area contributed by atoms with E-state index >= 15 is 0 Å². The van der Waals surface area contributed by atoms with Crippen molar-refractivity contribution in [3.05, 3.63) is 59.3 Å². The molecule has 0 amide bonds. The Kier molecular flexibility index (Phi) is 5.71. The molecule has 0 bridgehead atoms. The molecule has 3 rings (SSSR count). The van der Waals surface area contributed by atoms with E-state index in [1.54, 1.807) is 0 Å². The minimum Gasteiger partial charge on any atom is -0.455 e. The van der Waals surface area contributed by atoms with E-state index in [0.717, 1.165) is 9.35 Å². The summed E-state index contributed by atoms with van der Waals surface area (Å²) in [5.41, 5.74) is 0.698. The molecule has 0 atom stereocenters. The van der Waals surface area contributed by atoms with Gasteiger partial charge in [0.15, 0.2) is 0 Å². The molecule has 0 spiro atoms. The van der Waals surface area contributed by atoms with Crippen LogP contribution in [0.5, 0.6) is 0 Å². The number of rotatable bonds is 7. The summed E-state index contributed by atoms with van der Waals surface area (Å²) in [5.74, 6) is -0.132. The number of hydroxylamine groups is 1. The fraction of sp³-hybridized carbons (Fsp3) is 0.176. The number of esters is 1. The second kappa shape index (κ2) is 8.01. The third-order valence-corrected chi connectivity index (χ3v) is 6.17. The van der Waals surface area contributed by atoms with E-state index in [1.807, 2.05) is 17.5 Å². The summed E-state index contributed by atoms with van der Waals surface area (Å²) in [7, 11) is -1.24. The highest BCUT2D eigenvalue weighted by Crippen LogP contribution is 2.24. The fourth-order valence-corrected chi connectivity index (χ4v) is 3.75. The quantitative estimate of drug-likeness (QED) is 0.438. The van der Waals surface area contributed by atoms with E-state index in [4.69, 9.17) is 14.0 Å². The lowest BCUT2D eigenvalue weighted by Gasteiger charge is -2.14. The lowest BCUT2D eigenvalue weighted by Crippen LogP contribution is -2.25. The monoisotopic (exact) mass is 408 g/mol. The third-order valence-electron chi connectivity index (χ3n) is 3.62. The molecular weight excluding hydrogens is 392 g/mol. The molecule has 0 aliphatic rings. The number of hydrogen-bond acceptors (Lipinski definition) is 8. The Morgan fingerprint density at radius 1 is 1.26 bits per heavy atom. The topological polar surface area (TPSA) is 98.9 Å². The van der Waals surface area contributed by atoms with Gasteiger partial charge in [-0.2, -0.15) is 0 Å². The van der Waals surface area contributed by atoms with Gasteiger partial charge < -0.3 is 9.15 Å². The summed E-state index contributed by atoms with van der Waals surface area (Å²) in [5, 5.41) is 1.91.